The van der Waals surface area contributed by atoms with Crippen molar-refractivity contribution in [1.29, 1.82) is 0 Å². The van der Waals surface area contributed by atoms with Crippen molar-refractivity contribution in [3.63, 3.8) is 0 Å². The summed E-state index contributed by atoms with van der Waals surface area (Å²) < 4.78 is 61.2. The first-order valence-corrected chi connectivity index (χ1v) is 16.5. The van der Waals surface area contributed by atoms with E-state index >= 15 is 0 Å². The second kappa shape index (κ2) is 12.5. The third-order valence-corrected chi connectivity index (χ3v) is 8.30. The predicted octanol–water partition coefficient (Wildman–Crippen LogP) is 3.93. The number of carbonyl (C=O) groups excluding carboxylic acids is 1. The Hall–Kier alpha value is -4.21. The fourth-order valence-electron chi connectivity index (χ4n) is 5.36. The van der Waals surface area contributed by atoms with Crippen LogP contribution >= 0.6 is 11.6 Å². The number of nitrogens with one attached hydrogen (secondary N) is 2. The molecule has 4 aromatic rings. The standard InChI is InChI=1S/C30H32ClF2N7O5S/c1-16-12-19(17(2)35-21-7-8-23(31)36-26(21)28(41)38-46(5,43)44)25-20(13-16)29(42)40(4)27(37-25)18-6-9-24(34-14-18)45-22-10-11-39(3)15-30(22,32)33/h6-9,12-14,17,22,35H,10-11,15H2,1-5H3,(H,38,41)/t17-,22-/m1/s1. The fraction of sp³-hybridized carbons (Fsp3) is 0.367. The van der Waals surface area contributed by atoms with Crippen LogP contribution in [0.1, 0.15) is 41.0 Å². The van der Waals surface area contributed by atoms with Gasteiger partial charge in [0, 0.05) is 43.4 Å². The van der Waals surface area contributed by atoms with Gasteiger partial charge in [-0.25, -0.2) is 36.9 Å². The van der Waals surface area contributed by atoms with Crippen LogP contribution in [0.5, 0.6) is 5.88 Å². The summed E-state index contributed by atoms with van der Waals surface area (Å²) in [4.78, 5) is 40.9. The lowest BCUT2D eigenvalue weighted by atomic mass is 10.0. The second-order valence-electron chi connectivity index (χ2n) is 11.4. The monoisotopic (exact) mass is 675 g/mol. The molecule has 16 heteroatoms. The number of alkyl halides is 2. The molecule has 0 spiro atoms. The quantitative estimate of drug-likeness (QED) is 0.263. The number of halogens is 3. The van der Waals surface area contributed by atoms with E-state index in [1.165, 1.54) is 29.0 Å². The number of hydrogen-bond donors (Lipinski definition) is 2. The Bertz CT molecular complexity index is 1990. The summed E-state index contributed by atoms with van der Waals surface area (Å²) in [6.07, 6.45) is 1.10. The SMILES string of the molecule is Cc1cc([C@@H](C)Nc2ccc(Cl)nc2C(=O)NS(C)(=O)=O)c2nc(-c3ccc(O[C@@H]4CCN(C)CC4(F)F)nc3)n(C)c(=O)c2c1. The van der Waals surface area contributed by atoms with E-state index in [-0.39, 0.29) is 40.2 Å². The van der Waals surface area contributed by atoms with Crippen molar-refractivity contribution in [2.24, 2.45) is 7.05 Å². The molecule has 1 aromatic carbocycles. The van der Waals surface area contributed by atoms with Crippen LogP contribution < -0.4 is 20.3 Å². The van der Waals surface area contributed by atoms with Gasteiger partial charge in [-0.1, -0.05) is 17.7 Å². The van der Waals surface area contributed by atoms with Crippen LogP contribution in [0.3, 0.4) is 0 Å². The molecule has 12 nitrogen and oxygen atoms in total. The molecule has 0 unspecified atom stereocenters. The third kappa shape index (κ3) is 7.11. The minimum Gasteiger partial charge on any atom is -0.468 e. The highest BCUT2D eigenvalue weighted by Gasteiger charge is 2.45. The molecule has 244 valence electrons. The Balaban J connectivity index is 1.50. The maximum Gasteiger partial charge on any atom is 0.296 e. The molecule has 1 aliphatic heterocycles. The van der Waals surface area contributed by atoms with Crippen molar-refractivity contribution in [3.05, 3.63) is 74.9 Å². The van der Waals surface area contributed by atoms with Crippen LogP contribution in [0.25, 0.3) is 22.3 Å². The number of piperidine rings is 1. The number of carbonyl (C=O) groups is 1. The lowest BCUT2D eigenvalue weighted by Gasteiger charge is -2.36. The minimum atomic E-state index is -3.88. The molecular formula is C30H32ClF2N7O5S. The Morgan fingerprint density at radius 3 is 2.57 bits per heavy atom. The van der Waals surface area contributed by atoms with Crippen molar-refractivity contribution in [3.8, 4) is 17.3 Å². The highest BCUT2D eigenvalue weighted by Crippen LogP contribution is 2.32. The summed E-state index contributed by atoms with van der Waals surface area (Å²) in [6.45, 7) is 3.68. The molecule has 1 fully saturated rings. The Morgan fingerprint density at radius 2 is 1.91 bits per heavy atom. The zero-order valence-electron chi connectivity index (χ0n) is 25.6. The molecule has 0 bridgehead atoms. The van der Waals surface area contributed by atoms with E-state index in [0.717, 1.165) is 11.8 Å². The number of ether oxygens (including phenoxy) is 1. The van der Waals surface area contributed by atoms with Crippen molar-refractivity contribution >= 4 is 44.1 Å². The lowest BCUT2D eigenvalue weighted by molar-refractivity contribution is -0.136. The molecule has 46 heavy (non-hydrogen) atoms. The number of benzene rings is 1. The average molecular weight is 676 g/mol. The van der Waals surface area contributed by atoms with Gasteiger partial charge in [0.1, 0.15) is 11.0 Å². The molecular weight excluding hydrogens is 644 g/mol. The number of anilines is 1. The molecule has 3 aromatic heterocycles. The summed E-state index contributed by atoms with van der Waals surface area (Å²) in [5.74, 6) is -3.69. The number of sulfonamides is 1. The lowest BCUT2D eigenvalue weighted by Crippen LogP contribution is -2.52. The van der Waals surface area contributed by atoms with Crippen LogP contribution in [0.4, 0.5) is 14.5 Å². The summed E-state index contributed by atoms with van der Waals surface area (Å²) in [7, 11) is -0.673. The van der Waals surface area contributed by atoms with Gasteiger partial charge in [0.2, 0.25) is 15.9 Å². The minimum absolute atomic E-state index is 0.0160. The normalized spacial score (nSPS) is 17.4. The number of nitrogens with zero attached hydrogens (tertiary/aromatic N) is 5. The Labute approximate surface area is 268 Å². The molecule has 2 atom stereocenters. The van der Waals surface area contributed by atoms with Gasteiger partial charge in [-0.3, -0.25) is 14.2 Å². The van der Waals surface area contributed by atoms with E-state index in [1.807, 2.05) is 17.7 Å². The van der Waals surface area contributed by atoms with Crippen molar-refractivity contribution in [2.45, 2.75) is 38.3 Å². The zero-order chi connectivity index (χ0) is 33.6. The van der Waals surface area contributed by atoms with E-state index in [1.54, 1.807) is 38.1 Å². The zero-order valence-corrected chi connectivity index (χ0v) is 27.2. The van der Waals surface area contributed by atoms with Crippen molar-refractivity contribution < 1.29 is 26.7 Å². The van der Waals surface area contributed by atoms with Gasteiger partial charge in [0.25, 0.3) is 17.4 Å². The van der Waals surface area contributed by atoms with Gasteiger partial charge < -0.3 is 15.0 Å². The van der Waals surface area contributed by atoms with E-state index in [4.69, 9.17) is 21.3 Å². The number of aryl methyl sites for hydroxylation is 1. The topological polar surface area (TPSA) is 148 Å². The maximum atomic E-state index is 14.5. The summed E-state index contributed by atoms with van der Waals surface area (Å²) >= 11 is 6.01. The van der Waals surface area contributed by atoms with Crippen molar-refractivity contribution in [1.82, 2.24) is 29.1 Å². The molecule has 2 N–H and O–H groups in total. The summed E-state index contributed by atoms with van der Waals surface area (Å²) in [5, 5.41) is 3.50. The number of hydrogen-bond acceptors (Lipinski definition) is 10. The molecule has 5 rings (SSSR count). The van der Waals surface area contributed by atoms with Gasteiger partial charge in [-0.05, 0) is 50.7 Å². The highest BCUT2D eigenvalue weighted by molar-refractivity contribution is 7.89. The number of rotatable bonds is 8. The molecule has 1 amide bonds. The van der Waals surface area contributed by atoms with Crippen molar-refractivity contribution in [2.75, 3.05) is 31.7 Å². The summed E-state index contributed by atoms with van der Waals surface area (Å²) in [6, 6.07) is 9.01. The largest absolute Gasteiger partial charge is 0.468 e. The van der Waals surface area contributed by atoms with Crippen LogP contribution in [-0.4, -0.2) is 77.2 Å². The highest BCUT2D eigenvalue weighted by atomic mass is 35.5. The molecule has 0 aliphatic carbocycles. The fourth-order valence-corrected chi connectivity index (χ4v) is 5.94. The van der Waals surface area contributed by atoms with Crippen LogP contribution in [0.2, 0.25) is 5.15 Å². The molecule has 1 saturated heterocycles. The third-order valence-electron chi connectivity index (χ3n) is 7.53. The van der Waals surface area contributed by atoms with Crippen LogP contribution in [0, 0.1) is 6.92 Å². The number of likely N-dealkylation sites (tertiary alicyclic amines) is 1. The summed E-state index contributed by atoms with van der Waals surface area (Å²) in [5.41, 5.74) is 1.85. The Morgan fingerprint density at radius 1 is 1.17 bits per heavy atom. The predicted molar refractivity (Wildman–Crippen MR) is 170 cm³/mol. The first kappa shape index (κ1) is 33.2. The van der Waals surface area contributed by atoms with Gasteiger partial charge in [0.15, 0.2) is 11.8 Å². The number of fused-ring (bicyclic) bond motifs is 1. The van der Waals surface area contributed by atoms with E-state index in [0.29, 0.717) is 28.6 Å². The van der Waals surface area contributed by atoms with Gasteiger partial charge in [0.05, 0.1) is 35.4 Å². The Kier molecular flexibility index (Phi) is 9.03. The first-order valence-electron chi connectivity index (χ1n) is 14.2. The molecule has 4 heterocycles. The van der Waals surface area contributed by atoms with Gasteiger partial charge in [-0.2, -0.15) is 0 Å². The van der Waals surface area contributed by atoms with Crippen LogP contribution in [0.15, 0.2) is 47.4 Å². The number of amides is 1. The molecule has 1 aliphatic rings. The second-order valence-corrected chi connectivity index (χ2v) is 13.6. The molecule has 0 radical (unpaired) electrons. The van der Waals surface area contributed by atoms with Gasteiger partial charge >= 0.3 is 0 Å². The maximum absolute atomic E-state index is 14.5. The number of pyridine rings is 2. The first-order chi connectivity index (χ1) is 21.5. The van der Waals surface area contributed by atoms with Gasteiger partial charge in [-0.15, -0.1) is 0 Å². The van der Waals surface area contributed by atoms with E-state index in [9.17, 15) is 26.8 Å². The van der Waals surface area contributed by atoms with Crippen LogP contribution in [-0.2, 0) is 17.1 Å². The average Bonchev–Trinajstić information content (AvgIpc) is 2.96. The number of aromatic nitrogens is 4. The smallest absolute Gasteiger partial charge is 0.296 e. The van der Waals surface area contributed by atoms with E-state index < -0.39 is 40.5 Å². The van der Waals surface area contributed by atoms with E-state index in [2.05, 4.69) is 15.3 Å². The molecule has 0 saturated carbocycles.